The number of hydrogen-bond acceptors (Lipinski definition) is 7. The Morgan fingerprint density at radius 1 is 1.24 bits per heavy atom. The molecule has 8 nitrogen and oxygen atoms in total. The lowest BCUT2D eigenvalue weighted by atomic mass is 9.85. The van der Waals surface area contributed by atoms with Gasteiger partial charge in [-0.15, -0.1) is 11.8 Å². The van der Waals surface area contributed by atoms with Crippen molar-refractivity contribution in [3.63, 3.8) is 0 Å². The van der Waals surface area contributed by atoms with E-state index in [4.69, 9.17) is 4.74 Å². The molecule has 1 aliphatic heterocycles. The molecule has 1 aromatic heterocycles. The summed E-state index contributed by atoms with van der Waals surface area (Å²) in [6.07, 6.45) is 7.22. The van der Waals surface area contributed by atoms with E-state index >= 15 is 0 Å². The maximum Gasteiger partial charge on any atom is 0.194 e. The molecule has 0 atom stereocenters. The van der Waals surface area contributed by atoms with Crippen molar-refractivity contribution in [1.29, 1.82) is 0 Å². The van der Waals surface area contributed by atoms with Gasteiger partial charge in [-0.2, -0.15) is 0 Å². The van der Waals surface area contributed by atoms with Gasteiger partial charge in [-0.25, -0.2) is 18.8 Å². The number of H-pyrrole nitrogens is 1. The Morgan fingerprint density at radius 2 is 2.00 bits per heavy atom. The normalized spacial score (nSPS) is 18.0. The van der Waals surface area contributed by atoms with Gasteiger partial charge in [0.1, 0.15) is 11.7 Å². The van der Waals surface area contributed by atoms with Crippen LogP contribution in [0.4, 0.5) is 8.78 Å². The number of thioether (sulfide) groups is 1. The molecule has 4 rings (SSSR count). The van der Waals surface area contributed by atoms with Crippen LogP contribution in [0.15, 0.2) is 50.1 Å². The van der Waals surface area contributed by atoms with Crippen molar-refractivity contribution < 1.29 is 13.5 Å². The molecule has 204 valence electrons. The number of amidine groups is 1. The number of aliphatic imine (C=N–C) groups is 3. The minimum atomic E-state index is -0.778. The first kappa shape index (κ1) is 27.8. The molecule has 11 heteroatoms. The molecule has 2 heterocycles. The molecule has 1 saturated heterocycles. The smallest absolute Gasteiger partial charge is 0.194 e. The van der Waals surface area contributed by atoms with Crippen molar-refractivity contribution in [3.8, 4) is 5.75 Å². The van der Waals surface area contributed by atoms with Gasteiger partial charge in [0.15, 0.2) is 24.1 Å². The van der Waals surface area contributed by atoms with E-state index in [0.29, 0.717) is 29.0 Å². The van der Waals surface area contributed by atoms with E-state index < -0.39 is 17.4 Å². The van der Waals surface area contributed by atoms with Gasteiger partial charge in [0, 0.05) is 60.5 Å². The highest BCUT2D eigenvalue weighted by molar-refractivity contribution is 8.03. The number of hydrogen-bond donors (Lipinski definition) is 2. The summed E-state index contributed by atoms with van der Waals surface area (Å²) in [5.74, 6) is 0.335. The number of benzene rings is 1. The maximum atomic E-state index is 15.0. The van der Waals surface area contributed by atoms with Gasteiger partial charge in [0.2, 0.25) is 0 Å². The van der Waals surface area contributed by atoms with Crippen LogP contribution in [0.1, 0.15) is 25.0 Å². The Morgan fingerprint density at radius 3 is 2.66 bits per heavy atom. The fraction of sp³-hybridized carbons (Fsp3) is 0.444. The number of aryl methyl sites for hydroxylation is 1. The number of nitrogens with one attached hydrogen (secondary N) is 2. The maximum absolute atomic E-state index is 15.0. The number of fused-ring (bicyclic) bond motifs is 1. The molecule has 2 aromatic rings. The van der Waals surface area contributed by atoms with Crippen molar-refractivity contribution in [2.24, 2.45) is 20.9 Å². The van der Waals surface area contributed by atoms with Crippen LogP contribution in [0.25, 0.3) is 10.9 Å². The Hall–Kier alpha value is -3.18. The minimum absolute atomic E-state index is 0.250. The SMILES string of the molecule is C=N/C=C(\SCN/C(=C/C(=N\COc1c(F)cc2[nH]c(C)cc2c1F)N1CCN(C)CC1)N=C)C1CCC1. The number of allylic oxidation sites excluding steroid dienone is 1. The molecule has 0 amide bonds. The van der Waals surface area contributed by atoms with Crippen LogP contribution in [0.2, 0.25) is 0 Å². The van der Waals surface area contributed by atoms with Crippen LogP contribution in [0.3, 0.4) is 0 Å². The van der Waals surface area contributed by atoms with Gasteiger partial charge in [-0.3, -0.25) is 4.99 Å². The number of halogens is 2. The molecular weight excluding hydrogens is 508 g/mol. The molecule has 0 bridgehead atoms. The summed E-state index contributed by atoms with van der Waals surface area (Å²) in [6.45, 7) is 12.1. The van der Waals surface area contributed by atoms with Crippen LogP contribution in [-0.2, 0) is 0 Å². The average molecular weight is 544 g/mol. The fourth-order valence-electron chi connectivity index (χ4n) is 4.40. The zero-order valence-electron chi connectivity index (χ0n) is 22.0. The number of ether oxygens (including phenoxy) is 1. The fourth-order valence-corrected chi connectivity index (χ4v) is 5.41. The van der Waals surface area contributed by atoms with Gasteiger partial charge >= 0.3 is 0 Å². The standard InChI is InChI=1S/C27H35F2N7OS/c1-18-12-20-22(34-18)13-21(28)27(26(20)29)37-16-32-25(36-10-8-35(4)9-11-36)14-24(31-3)33-17-38-23(15-30-2)19-6-5-7-19/h12-15,19,33-34H,2-3,5-11,16-17H2,1,4H3/b23-15-,24-14+,32-25+. The third-order valence-corrected chi connectivity index (χ3v) is 7.88. The summed E-state index contributed by atoms with van der Waals surface area (Å²) in [6, 6.07) is 2.86. The number of piperazine rings is 1. The zero-order chi connectivity index (χ0) is 27.1. The van der Waals surface area contributed by atoms with Gasteiger partial charge in [-0.05, 0) is 52.2 Å². The average Bonchev–Trinajstić information content (AvgIpc) is 3.24. The number of likely N-dealkylation sites (N-methyl/N-ethyl adjacent to an activating group) is 1. The second kappa shape index (κ2) is 13.1. The Balaban J connectivity index is 1.48. The topological polar surface area (TPSA) is 80.6 Å². The second-order valence-corrected chi connectivity index (χ2v) is 10.5. The molecule has 1 aliphatic carbocycles. The van der Waals surface area contributed by atoms with E-state index in [1.807, 2.05) is 6.20 Å². The summed E-state index contributed by atoms with van der Waals surface area (Å²) >= 11 is 1.67. The van der Waals surface area contributed by atoms with Gasteiger partial charge < -0.3 is 24.8 Å². The molecular formula is C27H35F2N7OS. The van der Waals surface area contributed by atoms with E-state index in [0.717, 1.165) is 31.9 Å². The Bertz CT molecular complexity index is 1240. The van der Waals surface area contributed by atoms with E-state index in [1.165, 1.54) is 30.2 Å². The minimum Gasteiger partial charge on any atom is -0.465 e. The summed E-state index contributed by atoms with van der Waals surface area (Å²) < 4.78 is 35.1. The molecule has 2 N–H and O–H groups in total. The van der Waals surface area contributed by atoms with E-state index in [2.05, 4.69) is 55.6 Å². The molecule has 2 aliphatic rings. The van der Waals surface area contributed by atoms with Gasteiger partial charge in [-0.1, -0.05) is 6.42 Å². The highest BCUT2D eigenvalue weighted by Gasteiger charge is 2.22. The summed E-state index contributed by atoms with van der Waals surface area (Å²) in [7, 11) is 2.07. The van der Waals surface area contributed by atoms with Crippen molar-refractivity contribution in [2.75, 3.05) is 45.8 Å². The van der Waals surface area contributed by atoms with Crippen molar-refractivity contribution in [2.45, 2.75) is 26.2 Å². The van der Waals surface area contributed by atoms with Crippen molar-refractivity contribution >= 4 is 41.9 Å². The number of nitrogens with zero attached hydrogens (tertiary/aromatic N) is 5. The van der Waals surface area contributed by atoms with E-state index in [1.54, 1.807) is 30.8 Å². The monoisotopic (exact) mass is 543 g/mol. The van der Waals surface area contributed by atoms with Gasteiger partial charge in [0.05, 0.1) is 11.4 Å². The molecule has 1 aromatic carbocycles. The van der Waals surface area contributed by atoms with Crippen LogP contribution in [0, 0.1) is 24.5 Å². The first-order valence-corrected chi connectivity index (χ1v) is 13.7. The van der Waals surface area contributed by atoms with Crippen LogP contribution >= 0.6 is 11.8 Å². The first-order chi connectivity index (χ1) is 18.4. The van der Waals surface area contributed by atoms with Gasteiger partial charge in [0.25, 0.3) is 0 Å². The lowest BCUT2D eigenvalue weighted by Crippen LogP contribution is -2.47. The summed E-state index contributed by atoms with van der Waals surface area (Å²) in [5, 5.41) is 3.58. The predicted molar refractivity (Wildman–Crippen MR) is 153 cm³/mol. The van der Waals surface area contributed by atoms with Crippen LogP contribution in [-0.4, -0.2) is 79.9 Å². The van der Waals surface area contributed by atoms with E-state index in [-0.39, 0.29) is 12.1 Å². The molecule has 38 heavy (non-hydrogen) atoms. The predicted octanol–water partition coefficient (Wildman–Crippen LogP) is 4.90. The Labute approximate surface area is 226 Å². The lowest BCUT2D eigenvalue weighted by Gasteiger charge is -2.34. The van der Waals surface area contributed by atoms with Crippen molar-refractivity contribution in [1.82, 2.24) is 20.1 Å². The largest absolute Gasteiger partial charge is 0.465 e. The third-order valence-electron chi connectivity index (χ3n) is 6.82. The molecule has 0 spiro atoms. The highest BCUT2D eigenvalue weighted by atomic mass is 32.2. The number of aromatic amines is 1. The second-order valence-electron chi connectivity index (χ2n) is 9.49. The molecule has 0 radical (unpaired) electrons. The highest BCUT2D eigenvalue weighted by Crippen LogP contribution is 2.38. The first-order valence-electron chi connectivity index (χ1n) is 12.7. The summed E-state index contributed by atoms with van der Waals surface area (Å²) in [5.41, 5.74) is 1.13. The van der Waals surface area contributed by atoms with Crippen LogP contribution < -0.4 is 10.1 Å². The third kappa shape index (κ3) is 6.82. The number of aromatic nitrogens is 1. The number of rotatable bonds is 11. The quantitative estimate of drug-likeness (QED) is 0.239. The molecule has 1 saturated carbocycles. The van der Waals surface area contributed by atoms with Crippen LogP contribution in [0.5, 0.6) is 5.75 Å². The lowest BCUT2D eigenvalue weighted by molar-refractivity contribution is 0.214. The van der Waals surface area contributed by atoms with Crippen molar-refractivity contribution in [3.05, 3.63) is 52.5 Å². The molecule has 2 fully saturated rings. The molecule has 0 unspecified atom stereocenters. The summed E-state index contributed by atoms with van der Waals surface area (Å²) in [4.78, 5) is 21.1. The van der Waals surface area contributed by atoms with E-state index in [9.17, 15) is 8.78 Å². The Kier molecular flexibility index (Phi) is 9.57. The zero-order valence-corrected chi connectivity index (χ0v) is 22.8.